The van der Waals surface area contributed by atoms with E-state index in [2.05, 4.69) is 85.1 Å². The summed E-state index contributed by atoms with van der Waals surface area (Å²) in [5, 5.41) is 17.9. The standard InChI is InChI=1S/C39H47N3O4S2/c1-4-28(2)36(41-38(44)27-48-26-29-17-19-31(20-18-29)30-11-6-5-7-12-30)24-42(25-37(43)40-35(39(45)46)21-22-47-3)23-33-15-10-14-32-13-8-9-16-34(32)33/h5-20,28,35-36H,4,21-27H2,1-3H3,(H,40,43)(H,41,44)(H,45,46). The zero-order valence-electron chi connectivity index (χ0n) is 28.1. The number of hydrogen-bond donors (Lipinski definition) is 3. The fourth-order valence-electron chi connectivity index (χ4n) is 5.66. The average molecular weight is 686 g/mol. The Labute approximate surface area is 293 Å². The molecule has 9 heteroatoms. The first-order valence-electron chi connectivity index (χ1n) is 16.5. The lowest BCUT2D eigenvalue weighted by atomic mass is 9.97. The Balaban J connectivity index is 1.42. The second kappa shape index (κ2) is 19.3. The van der Waals surface area contributed by atoms with E-state index in [0.717, 1.165) is 34.1 Å². The van der Waals surface area contributed by atoms with Gasteiger partial charge in [-0.05, 0) is 57.4 Å². The first-order valence-corrected chi connectivity index (χ1v) is 19.0. The van der Waals surface area contributed by atoms with E-state index in [1.165, 1.54) is 11.1 Å². The van der Waals surface area contributed by atoms with E-state index in [1.54, 1.807) is 23.5 Å². The van der Waals surface area contributed by atoms with Crippen molar-refractivity contribution < 1.29 is 19.5 Å². The molecule has 4 rings (SSSR count). The van der Waals surface area contributed by atoms with Gasteiger partial charge in [-0.25, -0.2) is 4.79 Å². The molecule has 0 aromatic heterocycles. The largest absolute Gasteiger partial charge is 0.480 e. The van der Waals surface area contributed by atoms with Crippen LogP contribution in [0.5, 0.6) is 0 Å². The van der Waals surface area contributed by atoms with Crippen LogP contribution in [0.15, 0.2) is 97.1 Å². The van der Waals surface area contributed by atoms with Gasteiger partial charge >= 0.3 is 5.97 Å². The van der Waals surface area contributed by atoms with Gasteiger partial charge in [0, 0.05) is 24.9 Å². The maximum absolute atomic E-state index is 13.3. The highest BCUT2D eigenvalue weighted by atomic mass is 32.2. The summed E-state index contributed by atoms with van der Waals surface area (Å²) in [7, 11) is 0. The number of carbonyl (C=O) groups excluding carboxylic acids is 2. The predicted octanol–water partition coefficient (Wildman–Crippen LogP) is 7.10. The fraction of sp³-hybridized carbons (Fsp3) is 0.359. The number of hydrogen-bond acceptors (Lipinski definition) is 6. The first-order chi connectivity index (χ1) is 23.3. The number of aliphatic carboxylic acids is 1. The maximum Gasteiger partial charge on any atom is 0.326 e. The number of carboxylic acid groups (broad SMARTS) is 1. The number of rotatable bonds is 19. The van der Waals surface area contributed by atoms with Gasteiger partial charge in [-0.3, -0.25) is 14.5 Å². The number of fused-ring (bicyclic) bond motifs is 1. The minimum absolute atomic E-state index is 0.0167. The minimum Gasteiger partial charge on any atom is -0.480 e. The van der Waals surface area contributed by atoms with Crippen molar-refractivity contribution in [2.24, 2.45) is 5.92 Å². The third-order valence-corrected chi connectivity index (χ3v) is 10.2. The van der Waals surface area contributed by atoms with Gasteiger partial charge in [0.1, 0.15) is 6.04 Å². The molecule has 2 amide bonds. The van der Waals surface area contributed by atoms with Crippen LogP contribution in [0.1, 0.15) is 37.8 Å². The van der Waals surface area contributed by atoms with E-state index < -0.39 is 12.0 Å². The first kappa shape index (κ1) is 37.0. The van der Waals surface area contributed by atoms with E-state index in [4.69, 9.17) is 0 Å². The number of thioether (sulfide) groups is 2. The highest BCUT2D eigenvalue weighted by Gasteiger charge is 2.25. The molecule has 0 aliphatic rings. The smallest absolute Gasteiger partial charge is 0.326 e. The van der Waals surface area contributed by atoms with Gasteiger partial charge in [0.15, 0.2) is 0 Å². The molecule has 0 spiro atoms. The van der Waals surface area contributed by atoms with Crippen LogP contribution in [0.25, 0.3) is 21.9 Å². The van der Waals surface area contributed by atoms with Crippen molar-refractivity contribution in [3.63, 3.8) is 0 Å². The van der Waals surface area contributed by atoms with E-state index in [0.29, 0.717) is 31.0 Å². The van der Waals surface area contributed by atoms with Crippen molar-refractivity contribution >= 4 is 52.1 Å². The van der Waals surface area contributed by atoms with Crippen LogP contribution in [0.2, 0.25) is 0 Å². The van der Waals surface area contributed by atoms with E-state index >= 15 is 0 Å². The summed E-state index contributed by atoms with van der Waals surface area (Å²) in [6.45, 7) is 5.16. The molecule has 254 valence electrons. The van der Waals surface area contributed by atoms with Crippen LogP contribution in [0.4, 0.5) is 0 Å². The zero-order valence-corrected chi connectivity index (χ0v) is 29.7. The lowest BCUT2D eigenvalue weighted by Crippen LogP contribution is -2.51. The maximum atomic E-state index is 13.3. The third-order valence-electron chi connectivity index (χ3n) is 8.58. The number of carboxylic acids is 1. The van der Waals surface area contributed by atoms with E-state index in [9.17, 15) is 19.5 Å². The highest BCUT2D eigenvalue weighted by Crippen LogP contribution is 2.23. The van der Waals surface area contributed by atoms with E-state index in [-0.39, 0.29) is 30.3 Å². The van der Waals surface area contributed by atoms with Gasteiger partial charge in [0.2, 0.25) is 11.8 Å². The normalized spacial score (nSPS) is 13.2. The molecule has 0 saturated carbocycles. The van der Waals surface area contributed by atoms with E-state index in [1.807, 2.05) is 47.6 Å². The molecule has 0 saturated heterocycles. The molecular formula is C39H47N3O4S2. The molecule has 4 aromatic carbocycles. The molecule has 0 heterocycles. The van der Waals surface area contributed by atoms with Gasteiger partial charge in [0.05, 0.1) is 12.3 Å². The Morgan fingerprint density at radius 3 is 2.23 bits per heavy atom. The van der Waals surface area contributed by atoms with Gasteiger partial charge in [0.25, 0.3) is 0 Å². The van der Waals surface area contributed by atoms with Crippen LogP contribution >= 0.6 is 23.5 Å². The van der Waals surface area contributed by atoms with Gasteiger partial charge in [-0.1, -0.05) is 117 Å². The van der Waals surface area contributed by atoms with Gasteiger partial charge in [-0.15, -0.1) is 11.8 Å². The number of benzene rings is 4. The number of amides is 2. The predicted molar refractivity (Wildman–Crippen MR) is 201 cm³/mol. The quantitative estimate of drug-likeness (QED) is 0.0969. The summed E-state index contributed by atoms with van der Waals surface area (Å²) in [6.07, 6.45) is 3.12. The summed E-state index contributed by atoms with van der Waals surface area (Å²) in [4.78, 5) is 40.4. The summed E-state index contributed by atoms with van der Waals surface area (Å²) in [6, 6.07) is 31.9. The van der Waals surface area contributed by atoms with Crippen molar-refractivity contribution in [2.45, 2.75) is 51.1 Å². The Hall–Kier alpha value is -3.79. The Morgan fingerprint density at radius 1 is 0.833 bits per heavy atom. The van der Waals surface area contributed by atoms with Crippen LogP contribution in [0, 0.1) is 5.92 Å². The fourth-order valence-corrected chi connectivity index (χ4v) is 6.93. The second-order valence-electron chi connectivity index (χ2n) is 12.2. The van der Waals surface area contributed by atoms with Crippen LogP contribution in [-0.2, 0) is 26.7 Å². The van der Waals surface area contributed by atoms with Crippen LogP contribution in [-0.4, -0.2) is 70.7 Å². The zero-order chi connectivity index (χ0) is 34.3. The van der Waals surface area contributed by atoms with Crippen molar-refractivity contribution in [3.05, 3.63) is 108 Å². The molecular weight excluding hydrogens is 639 g/mol. The molecule has 0 aliphatic carbocycles. The molecule has 0 aliphatic heterocycles. The third kappa shape index (κ3) is 11.4. The Bertz CT molecular complexity index is 1610. The lowest BCUT2D eigenvalue weighted by Gasteiger charge is -2.31. The second-order valence-corrected chi connectivity index (χ2v) is 14.1. The van der Waals surface area contributed by atoms with Crippen LogP contribution in [0.3, 0.4) is 0 Å². The summed E-state index contributed by atoms with van der Waals surface area (Å²) >= 11 is 3.13. The topological polar surface area (TPSA) is 98.7 Å². The van der Waals surface area contributed by atoms with Gasteiger partial charge in [-0.2, -0.15) is 11.8 Å². The minimum atomic E-state index is -1.03. The Morgan fingerprint density at radius 2 is 1.52 bits per heavy atom. The molecule has 48 heavy (non-hydrogen) atoms. The molecule has 7 nitrogen and oxygen atoms in total. The molecule has 4 aromatic rings. The summed E-state index contributed by atoms with van der Waals surface area (Å²) in [5.74, 6) is 0.438. The van der Waals surface area contributed by atoms with Crippen molar-refractivity contribution in [2.75, 3.05) is 30.9 Å². The van der Waals surface area contributed by atoms with Crippen molar-refractivity contribution in [1.82, 2.24) is 15.5 Å². The number of carbonyl (C=O) groups is 3. The Kier molecular flexibility index (Phi) is 14.9. The highest BCUT2D eigenvalue weighted by molar-refractivity contribution is 7.99. The van der Waals surface area contributed by atoms with Crippen molar-refractivity contribution in [1.29, 1.82) is 0 Å². The summed E-state index contributed by atoms with van der Waals surface area (Å²) in [5.41, 5.74) is 4.58. The number of nitrogens with zero attached hydrogens (tertiary/aromatic N) is 1. The van der Waals surface area contributed by atoms with Crippen molar-refractivity contribution in [3.8, 4) is 11.1 Å². The summed E-state index contributed by atoms with van der Waals surface area (Å²) < 4.78 is 0. The molecule has 0 bridgehead atoms. The SMILES string of the molecule is CCC(C)C(CN(CC(=O)NC(CCSC)C(=O)O)Cc1cccc2ccccc12)NC(=O)CSCc1ccc(-c2ccccc2)cc1. The molecule has 0 radical (unpaired) electrons. The number of nitrogens with one attached hydrogen (secondary N) is 2. The molecule has 3 N–H and O–H groups in total. The molecule has 3 atom stereocenters. The van der Waals surface area contributed by atoms with Gasteiger partial charge < -0.3 is 15.7 Å². The lowest BCUT2D eigenvalue weighted by molar-refractivity contribution is -0.142. The molecule has 0 fully saturated rings. The molecule has 3 unspecified atom stereocenters. The van der Waals surface area contributed by atoms with Crippen LogP contribution < -0.4 is 10.6 Å². The monoisotopic (exact) mass is 685 g/mol. The average Bonchev–Trinajstić information content (AvgIpc) is 3.10.